The topological polar surface area (TPSA) is 77.2 Å². The van der Waals surface area contributed by atoms with Gasteiger partial charge in [0.25, 0.3) is 5.91 Å². The summed E-state index contributed by atoms with van der Waals surface area (Å²) >= 11 is 0. The first-order chi connectivity index (χ1) is 9.70. The zero-order valence-electron chi connectivity index (χ0n) is 10.9. The van der Waals surface area contributed by atoms with Gasteiger partial charge in [0.15, 0.2) is 0 Å². The van der Waals surface area contributed by atoms with Gasteiger partial charge in [-0.2, -0.15) is 0 Å². The first-order valence-electron chi connectivity index (χ1n) is 6.51. The van der Waals surface area contributed by atoms with Gasteiger partial charge in [-0.15, -0.1) is 0 Å². The minimum atomic E-state index is -0.0341. The third-order valence-electron chi connectivity index (χ3n) is 3.02. The average molecular weight is 269 g/mol. The van der Waals surface area contributed by atoms with Gasteiger partial charge in [-0.1, -0.05) is 0 Å². The molecule has 1 heterocycles. The Bertz CT molecular complexity index is 604. The lowest BCUT2D eigenvalue weighted by atomic mass is 10.2. The van der Waals surface area contributed by atoms with Crippen molar-refractivity contribution in [2.75, 3.05) is 5.73 Å². The third-order valence-corrected chi connectivity index (χ3v) is 3.02. The highest BCUT2D eigenvalue weighted by Crippen LogP contribution is 2.22. The molecule has 1 aliphatic rings. The first kappa shape index (κ1) is 12.5. The number of carbonyl (C=O) groups excluding carboxylic acids is 1. The summed E-state index contributed by atoms with van der Waals surface area (Å²) < 4.78 is 5.61. The fraction of sp³-hybridized carbons (Fsp3) is 0.200. The summed E-state index contributed by atoms with van der Waals surface area (Å²) in [6.07, 6.45) is 3.72. The standard InChI is InChI=1S/C15H15N3O2/c16-14-8-7-13(9-17-14)20-12-5-1-10(2-6-12)15(19)18-11-3-4-11/h1-2,5-9,11H,3-4H2,(H2,16,17)(H,18,19). The maximum absolute atomic E-state index is 11.8. The van der Waals surface area contributed by atoms with Gasteiger partial charge in [-0.25, -0.2) is 4.98 Å². The van der Waals surface area contributed by atoms with E-state index >= 15 is 0 Å². The minimum Gasteiger partial charge on any atom is -0.456 e. The molecule has 1 aromatic carbocycles. The van der Waals surface area contributed by atoms with Crippen LogP contribution < -0.4 is 15.8 Å². The third kappa shape index (κ3) is 3.06. The summed E-state index contributed by atoms with van der Waals surface area (Å²) in [5.74, 6) is 1.67. The van der Waals surface area contributed by atoms with Crippen LogP contribution in [0.5, 0.6) is 11.5 Å². The number of nitrogens with two attached hydrogens (primary N) is 1. The Hall–Kier alpha value is -2.56. The van der Waals surface area contributed by atoms with Crippen molar-refractivity contribution in [2.24, 2.45) is 0 Å². The van der Waals surface area contributed by atoms with Crippen molar-refractivity contribution in [1.29, 1.82) is 0 Å². The lowest BCUT2D eigenvalue weighted by Crippen LogP contribution is -2.25. The van der Waals surface area contributed by atoms with E-state index in [1.54, 1.807) is 42.6 Å². The summed E-state index contributed by atoms with van der Waals surface area (Å²) in [4.78, 5) is 15.8. The monoisotopic (exact) mass is 269 g/mol. The molecule has 0 unspecified atom stereocenters. The maximum Gasteiger partial charge on any atom is 0.251 e. The molecular weight excluding hydrogens is 254 g/mol. The SMILES string of the molecule is Nc1ccc(Oc2ccc(C(=O)NC3CC3)cc2)cn1. The Morgan fingerprint density at radius 1 is 1.15 bits per heavy atom. The number of benzene rings is 1. The second-order valence-corrected chi connectivity index (χ2v) is 4.79. The van der Waals surface area contributed by atoms with Crippen LogP contribution in [0.15, 0.2) is 42.6 Å². The molecule has 0 radical (unpaired) electrons. The molecule has 3 N–H and O–H groups in total. The van der Waals surface area contributed by atoms with Crippen LogP contribution in [0.1, 0.15) is 23.2 Å². The summed E-state index contributed by atoms with van der Waals surface area (Å²) in [5.41, 5.74) is 6.15. The van der Waals surface area contributed by atoms with Gasteiger partial charge >= 0.3 is 0 Å². The van der Waals surface area contributed by atoms with Gasteiger partial charge in [-0.3, -0.25) is 4.79 Å². The van der Waals surface area contributed by atoms with E-state index in [1.165, 1.54) is 0 Å². The quantitative estimate of drug-likeness (QED) is 0.893. The molecule has 5 nitrogen and oxygen atoms in total. The number of ether oxygens (including phenoxy) is 1. The number of anilines is 1. The van der Waals surface area contributed by atoms with E-state index in [2.05, 4.69) is 10.3 Å². The molecule has 3 rings (SSSR count). The fourth-order valence-electron chi connectivity index (χ4n) is 1.76. The highest BCUT2D eigenvalue weighted by Gasteiger charge is 2.23. The molecule has 0 bridgehead atoms. The van der Waals surface area contributed by atoms with Crippen LogP contribution in [-0.4, -0.2) is 16.9 Å². The number of nitrogen functional groups attached to an aromatic ring is 1. The molecule has 0 spiro atoms. The molecule has 0 atom stereocenters. The van der Waals surface area contributed by atoms with Crippen molar-refractivity contribution in [3.05, 3.63) is 48.2 Å². The van der Waals surface area contributed by atoms with E-state index in [4.69, 9.17) is 10.5 Å². The van der Waals surface area contributed by atoms with Crippen molar-refractivity contribution in [3.63, 3.8) is 0 Å². The maximum atomic E-state index is 11.8. The molecule has 0 saturated heterocycles. The Labute approximate surface area is 116 Å². The first-order valence-corrected chi connectivity index (χ1v) is 6.51. The van der Waals surface area contributed by atoms with Gasteiger partial charge in [0, 0.05) is 11.6 Å². The fourth-order valence-corrected chi connectivity index (χ4v) is 1.76. The summed E-state index contributed by atoms with van der Waals surface area (Å²) in [5, 5.41) is 2.94. The van der Waals surface area contributed by atoms with E-state index < -0.39 is 0 Å². The summed E-state index contributed by atoms with van der Waals surface area (Å²) in [7, 11) is 0. The van der Waals surface area contributed by atoms with Crippen LogP contribution in [0.2, 0.25) is 0 Å². The number of hydrogen-bond acceptors (Lipinski definition) is 4. The second-order valence-electron chi connectivity index (χ2n) is 4.79. The number of rotatable bonds is 4. The molecule has 1 amide bonds. The average Bonchev–Trinajstić information content (AvgIpc) is 3.26. The molecule has 1 saturated carbocycles. The van der Waals surface area contributed by atoms with Crippen LogP contribution in [0.3, 0.4) is 0 Å². The number of carbonyl (C=O) groups is 1. The van der Waals surface area contributed by atoms with E-state index in [0.29, 0.717) is 28.9 Å². The zero-order chi connectivity index (χ0) is 13.9. The van der Waals surface area contributed by atoms with Crippen LogP contribution in [-0.2, 0) is 0 Å². The largest absolute Gasteiger partial charge is 0.456 e. The van der Waals surface area contributed by atoms with Crippen molar-refractivity contribution in [3.8, 4) is 11.5 Å². The van der Waals surface area contributed by atoms with Crippen molar-refractivity contribution >= 4 is 11.7 Å². The smallest absolute Gasteiger partial charge is 0.251 e. The normalized spacial score (nSPS) is 13.8. The molecule has 1 fully saturated rings. The molecule has 1 aromatic heterocycles. The molecule has 0 aliphatic heterocycles. The molecule has 102 valence electrons. The van der Waals surface area contributed by atoms with Crippen LogP contribution in [0.25, 0.3) is 0 Å². The van der Waals surface area contributed by atoms with Crippen LogP contribution >= 0.6 is 0 Å². The van der Waals surface area contributed by atoms with Gasteiger partial charge in [-0.05, 0) is 49.2 Å². The predicted octanol–water partition coefficient (Wildman–Crippen LogP) is 2.35. The lowest BCUT2D eigenvalue weighted by Gasteiger charge is -2.07. The highest BCUT2D eigenvalue weighted by atomic mass is 16.5. The Morgan fingerprint density at radius 2 is 1.85 bits per heavy atom. The Kier molecular flexibility index (Phi) is 3.25. The molecule has 1 aliphatic carbocycles. The number of hydrogen-bond donors (Lipinski definition) is 2. The van der Waals surface area contributed by atoms with Crippen molar-refractivity contribution < 1.29 is 9.53 Å². The van der Waals surface area contributed by atoms with Crippen molar-refractivity contribution in [1.82, 2.24) is 10.3 Å². The van der Waals surface area contributed by atoms with Crippen molar-refractivity contribution in [2.45, 2.75) is 18.9 Å². The summed E-state index contributed by atoms with van der Waals surface area (Å²) in [6.45, 7) is 0. The van der Waals surface area contributed by atoms with Gasteiger partial charge < -0.3 is 15.8 Å². The number of nitrogens with one attached hydrogen (secondary N) is 1. The van der Waals surface area contributed by atoms with Crippen LogP contribution in [0.4, 0.5) is 5.82 Å². The second kappa shape index (κ2) is 5.21. The van der Waals surface area contributed by atoms with Crippen LogP contribution in [0, 0.1) is 0 Å². The van der Waals surface area contributed by atoms with E-state index in [0.717, 1.165) is 12.8 Å². The Balaban J connectivity index is 1.66. The summed E-state index contributed by atoms with van der Waals surface area (Å²) in [6, 6.07) is 10.8. The number of amides is 1. The zero-order valence-corrected chi connectivity index (χ0v) is 10.9. The Morgan fingerprint density at radius 3 is 2.45 bits per heavy atom. The number of pyridine rings is 1. The highest BCUT2D eigenvalue weighted by molar-refractivity contribution is 5.94. The number of aromatic nitrogens is 1. The van der Waals surface area contributed by atoms with Gasteiger partial charge in [0.1, 0.15) is 17.3 Å². The lowest BCUT2D eigenvalue weighted by molar-refractivity contribution is 0.0951. The number of nitrogens with zero attached hydrogens (tertiary/aromatic N) is 1. The molecule has 20 heavy (non-hydrogen) atoms. The molecule has 2 aromatic rings. The van der Waals surface area contributed by atoms with Gasteiger partial charge in [0.05, 0.1) is 6.20 Å². The van der Waals surface area contributed by atoms with E-state index in [1.807, 2.05) is 0 Å². The van der Waals surface area contributed by atoms with Gasteiger partial charge in [0.2, 0.25) is 0 Å². The predicted molar refractivity (Wildman–Crippen MR) is 75.7 cm³/mol. The molecule has 5 heteroatoms. The van der Waals surface area contributed by atoms with E-state index in [9.17, 15) is 4.79 Å². The van der Waals surface area contributed by atoms with E-state index in [-0.39, 0.29) is 5.91 Å². The molecular formula is C15H15N3O2. The minimum absolute atomic E-state index is 0.0341.